The topological polar surface area (TPSA) is 12.5 Å². The van der Waals surface area contributed by atoms with E-state index in [9.17, 15) is 0 Å². The molecule has 0 heterocycles. The Morgan fingerprint density at radius 2 is 1.29 bits per heavy atom. The molecule has 0 fully saturated rings. The highest BCUT2D eigenvalue weighted by atomic mass is 16.5. The van der Waals surface area contributed by atoms with Gasteiger partial charge in [-0.3, -0.25) is 4.90 Å². The molecule has 0 aliphatic rings. The summed E-state index contributed by atoms with van der Waals surface area (Å²) < 4.78 is 6.08. The number of hydrogen-bond acceptors (Lipinski definition) is 2. The Morgan fingerprint density at radius 1 is 0.750 bits per heavy atom. The van der Waals surface area contributed by atoms with Gasteiger partial charge >= 0.3 is 0 Å². The lowest BCUT2D eigenvalue weighted by molar-refractivity contribution is 0.203. The second-order valence-electron chi connectivity index (χ2n) is 10.3. The fraction of sp³-hybridized carbons (Fsp3) is 0.769. The normalized spacial score (nSPS) is 12.6. The van der Waals surface area contributed by atoms with Gasteiger partial charge in [0, 0.05) is 6.54 Å². The molecule has 0 radical (unpaired) electrons. The monoisotopic (exact) mass is 389 g/mol. The zero-order valence-electron chi connectivity index (χ0n) is 19.9. The van der Waals surface area contributed by atoms with Gasteiger partial charge < -0.3 is 4.74 Å². The molecule has 0 aliphatic heterocycles. The van der Waals surface area contributed by atoms with Gasteiger partial charge in [-0.05, 0) is 60.9 Å². The first-order valence-corrected chi connectivity index (χ1v) is 11.6. The fourth-order valence-electron chi connectivity index (χ4n) is 4.23. The Balaban J connectivity index is 2.51. The van der Waals surface area contributed by atoms with Gasteiger partial charge in [-0.1, -0.05) is 86.3 Å². The van der Waals surface area contributed by atoms with Crippen LogP contribution in [-0.4, -0.2) is 31.1 Å². The van der Waals surface area contributed by atoms with Crippen molar-refractivity contribution >= 4 is 0 Å². The average Bonchev–Trinajstić information content (AvgIpc) is 2.60. The van der Waals surface area contributed by atoms with Gasteiger partial charge in [0.25, 0.3) is 0 Å². The second-order valence-corrected chi connectivity index (χ2v) is 10.3. The SMILES string of the molecule is CCCCCN(CCCCC)CCOc1ccc(C(C)(C)CC(C)(C)C)cc1. The highest BCUT2D eigenvalue weighted by molar-refractivity contribution is 5.31. The predicted octanol–water partition coefficient (Wildman–Crippen LogP) is 7.46. The maximum atomic E-state index is 6.08. The van der Waals surface area contributed by atoms with E-state index in [0.717, 1.165) is 18.9 Å². The van der Waals surface area contributed by atoms with Crippen LogP contribution in [0.25, 0.3) is 0 Å². The smallest absolute Gasteiger partial charge is 0.119 e. The maximum Gasteiger partial charge on any atom is 0.119 e. The summed E-state index contributed by atoms with van der Waals surface area (Å²) in [7, 11) is 0. The van der Waals surface area contributed by atoms with Crippen LogP contribution in [0.5, 0.6) is 5.75 Å². The molecule has 0 amide bonds. The number of hydrogen-bond donors (Lipinski definition) is 0. The van der Waals surface area contributed by atoms with E-state index in [1.54, 1.807) is 0 Å². The minimum atomic E-state index is 0.187. The molecule has 0 aromatic heterocycles. The molecule has 0 bridgehead atoms. The fourth-order valence-corrected chi connectivity index (χ4v) is 4.23. The van der Waals surface area contributed by atoms with Crippen molar-refractivity contribution in [3.8, 4) is 5.75 Å². The van der Waals surface area contributed by atoms with Crippen LogP contribution in [0.2, 0.25) is 0 Å². The van der Waals surface area contributed by atoms with Crippen LogP contribution in [0.1, 0.15) is 99.0 Å². The van der Waals surface area contributed by atoms with Gasteiger partial charge in [-0.2, -0.15) is 0 Å². The highest BCUT2D eigenvalue weighted by Gasteiger charge is 2.27. The molecule has 0 N–H and O–H groups in total. The molecule has 162 valence electrons. The van der Waals surface area contributed by atoms with Crippen LogP contribution in [0.3, 0.4) is 0 Å². The number of benzene rings is 1. The number of ether oxygens (including phenoxy) is 1. The number of unbranched alkanes of at least 4 members (excludes halogenated alkanes) is 4. The van der Waals surface area contributed by atoms with Crippen molar-refractivity contribution in [2.75, 3.05) is 26.2 Å². The van der Waals surface area contributed by atoms with Crippen molar-refractivity contribution in [2.24, 2.45) is 5.41 Å². The summed E-state index contributed by atoms with van der Waals surface area (Å²) in [5.74, 6) is 0.998. The van der Waals surface area contributed by atoms with E-state index >= 15 is 0 Å². The van der Waals surface area contributed by atoms with E-state index in [0.29, 0.717) is 5.41 Å². The van der Waals surface area contributed by atoms with Gasteiger partial charge in [-0.15, -0.1) is 0 Å². The van der Waals surface area contributed by atoms with Crippen LogP contribution < -0.4 is 4.74 Å². The summed E-state index contributed by atoms with van der Waals surface area (Å²) in [5.41, 5.74) is 1.92. The molecule has 0 spiro atoms. The molecule has 28 heavy (non-hydrogen) atoms. The van der Waals surface area contributed by atoms with E-state index in [-0.39, 0.29) is 5.41 Å². The minimum Gasteiger partial charge on any atom is -0.492 e. The van der Waals surface area contributed by atoms with E-state index in [1.165, 1.54) is 63.6 Å². The van der Waals surface area contributed by atoms with Crippen molar-refractivity contribution in [2.45, 2.75) is 98.8 Å². The zero-order chi connectivity index (χ0) is 21.0. The quantitative estimate of drug-likeness (QED) is 0.306. The standard InChI is InChI=1S/C26H47NO/c1-8-10-12-18-27(19-13-11-9-2)20-21-28-24-16-14-23(15-17-24)26(6,7)22-25(3,4)5/h14-17H,8-13,18-22H2,1-7H3. The molecule has 0 saturated carbocycles. The maximum absolute atomic E-state index is 6.08. The molecule has 1 rings (SSSR count). The van der Waals surface area contributed by atoms with Gasteiger partial charge in [-0.25, -0.2) is 0 Å². The van der Waals surface area contributed by atoms with E-state index in [2.05, 4.69) is 77.6 Å². The van der Waals surface area contributed by atoms with Gasteiger partial charge in [0.15, 0.2) is 0 Å². The second kappa shape index (κ2) is 12.5. The molecule has 0 aliphatic carbocycles. The van der Waals surface area contributed by atoms with Gasteiger partial charge in [0.05, 0.1) is 0 Å². The Hall–Kier alpha value is -1.02. The Bertz CT molecular complexity index is 502. The van der Waals surface area contributed by atoms with Crippen LogP contribution in [0.15, 0.2) is 24.3 Å². The third kappa shape index (κ3) is 10.5. The largest absolute Gasteiger partial charge is 0.492 e. The minimum absolute atomic E-state index is 0.187. The molecule has 2 heteroatoms. The lowest BCUT2D eigenvalue weighted by atomic mass is 9.72. The summed E-state index contributed by atoms with van der Waals surface area (Å²) >= 11 is 0. The predicted molar refractivity (Wildman–Crippen MR) is 125 cm³/mol. The van der Waals surface area contributed by atoms with Crippen molar-refractivity contribution in [3.63, 3.8) is 0 Å². The summed E-state index contributed by atoms with van der Waals surface area (Å²) in [5, 5.41) is 0. The Kier molecular flexibility index (Phi) is 11.2. The van der Waals surface area contributed by atoms with E-state index in [1.807, 2.05) is 0 Å². The molecule has 0 saturated heterocycles. The molecule has 0 unspecified atom stereocenters. The van der Waals surface area contributed by atoms with Crippen LogP contribution >= 0.6 is 0 Å². The van der Waals surface area contributed by atoms with Crippen molar-refractivity contribution in [1.29, 1.82) is 0 Å². The van der Waals surface area contributed by atoms with Gasteiger partial charge in [0.2, 0.25) is 0 Å². The lowest BCUT2D eigenvalue weighted by Crippen LogP contribution is -2.30. The molecular formula is C26H47NO. The van der Waals surface area contributed by atoms with Gasteiger partial charge in [0.1, 0.15) is 12.4 Å². The molecular weight excluding hydrogens is 342 g/mol. The lowest BCUT2D eigenvalue weighted by Gasteiger charge is -2.33. The van der Waals surface area contributed by atoms with Crippen molar-refractivity contribution in [1.82, 2.24) is 4.90 Å². The Labute approximate surface area is 176 Å². The third-order valence-corrected chi connectivity index (χ3v) is 5.44. The summed E-state index contributed by atoms with van der Waals surface area (Å²) in [6.07, 6.45) is 9.02. The first-order valence-electron chi connectivity index (χ1n) is 11.6. The number of nitrogens with zero attached hydrogens (tertiary/aromatic N) is 1. The van der Waals surface area contributed by atoms with Crippen molar-refractivity contribution < 1.29 is 4.74 Å². The summed E-state index contributed by atoms with van der Waals surface area (Å²) in [4.78, 5) is 2.59. The molecule has 2 nitrogen and oxygen atoms in total. The first kappa shape index (κ1) is 25.0. The number of rotatable bonds is 14. The highest BCUT2D eigenvalue weighted by Crippen LogP contribution is 2.36. The van der Waals surface area contributed by atoms with Crippen LogP contribution in [0, 0.1) is 5.41 Å². The average molecular weight is 390 g/mol. The van der Waals surface area contributed by atoms with E-state index < -0.39 is 0 Å². The van der Waals surface area contributed by atoms with Crippen molar-refractivity contribution in [3.05, 3.63) is 29.8 Å². The third-order valence-electron chi connectivity index (χ3n) is 5.44. The van der Waals surface area contributed by atoms with Crippen LogP contribution in [0.4, 0.5) is 0 Å². The first-order chi connectivity index (χ1) is 13.2. The molecule has 1 aromatic carbocycles. The molecule has 1 aromatic rings. The Morgan fingerprint density at radius 3 is 1.75 bits per heavy atom. The van der Waals surface area contributed by atoms with Crippen LogP contribution in [-0.2, 0) is 5.41 Å². The summed E-state index contributed by atoms with van der Waals surface area (Å²) in [6.45, 7) is 20.4. The molecule has 0 atom stereocenters. The van der Waals surface area contributed by atoms with E-state index in [4.69, 9.17) is 4.74 Å². The summed E-state index contributed by atoms with van der Waals surface area (Å²) in [6, 6.07) is 8.80. The zero-order valence-corrected chi connectivity index (χ0v) is 19.9.